The molecule has 0 amide bonds. The van der Waals surface area contributed by atoms with Crippen molar-refractivity contribution in [3.8, 4) is 5.75 Å². The fraction of sp³-hybridized carbons (Fsp3) is 0.455. The first-order valence-corrected chi connectivity index (χ1v) is 7.26. The van der Waals surface area contributed by atoms with Gasteiger partial charge in [0.25, 0.3) is 0 Å². The van der Waals surface area contributed by atoms with E-state index in [1.807, 2.05) is 0 Å². The second kappa shape index (κ2) is 6.14. The molecule has 1 aromatic rings. The maximum absolute atomic E-state index is 10.9. The number of hydrogen-bond acceptors (Lipinski definition) is 5. The summed E-state index contributed by atoms with van der Waals surface area (Å²) in [6.45, 7) is -0.461. The summed E-state index contributed by atoms with van der Waals surface area (Å²) in [7, 11) is -3.23. The molecule has 18 heavy (non-hydrogen) atoms. The Labute approximate surface area is 106 Å². The molecule has 0 heterocycles. The quantitative estimate of drug-likeness (QED) is 0.558. The van der Waals surface area contributed by atoms with Crippen LogP contribution < -0.4 is 4.72 Å². The van der Waals surface area contributed by atoms with E-state index < -0.39 is 10.0 Å². The monoisotopic (exact) mass is 275 g/mol. The smallest absolute Gasteiger partial charge is 0.208 e. The summed E-state index contributed by atoms with van der Waals surface area (Å²) in [5.74, 6) is -0.125. The Morgan fingerprint density at radius 1 is 1.17 bits per heavy atom. The molecule has 1 rings (SSSR count). The second-order valence-electron chi connectivity index (χ2n) is 4.00. The molecule has 0 radical (unpaired) electrons. The van der Waals surface area contributed by atoms with Crippen LogP contribution in [-0.4, -0.2) is 36.5 Å². The van der Waals surface area contributed by atoms with Crippen molar-refractivity contribution in [2.75, 3.05) is 12.8 Å². The van der Waals surface area contributed by atoms with E-state index in [1.165, 1.54) is 0 Å². The van der Waals surface area contributed by atoms with Crippen LogP contribution >= 0.6 is 0 Å². The van der Waals surface area contributed by atoms with Crippen molar-refractivity contribution in [1.82, 2.24) is 4.72 Å². The highest BCUT2D eigenvalue weighted by Crippen LogP contribution is 2.25. The minimum absolute atomic E-state index is 0.125. The van der Waals surface area contributed by atoms with Crippen LogP contribution in [0.3, 0.4) is 0 Å². The van der Waals surface area contributed by atoms with E-state index in [0.29, 0.717) is 17.5 Å². The predicted molar refractivity (Wildman–Crippen MR) is 66.5 cm³/mol. The number of nitrogens with one attached hydrogen (secondary N) is 1. The molecule has 4 N–H and O–H groups in total. The van der Waals surface area contributed by atoms with Crippen molar-refractivity contribution >= 4 is 10.0 Å². The molecule has 102 valence electrons. The first kappa shape index (κ1) is 14.9. The molecule has 0 aliphatic heterocycles. The number of aromatic hydroxyl groups is 1. The van der Waals surface area contributed by atoms with Gasteiger partial charge in [-0.25, -0.2) is 13.1 Å². The van der Waals surface area contributed by atoms with E-state index in [1.54, 1.807) is 12.1 Å². The molecule has 1 aromatic carbocycles. The highest BCUT2D eigenvalue weighted by Gasteiger charge is 2.09. The summed E-state index contributed by atoms with van der Waals surface area (Å²) in [6.07, 6.45) is 1.48. The Balaban J connectivity index is 2.83. The van der Waals surface area contributed by atoms with Crippen molar-refractivity contribution < 1.29 is 23.7 Å². The Morgan fingerprint density at radius 3 is 2.06 bits per heavy atom. The third-order valence-electron chi connectivity index (χ3n) is 2.45. The van der Waals surface area contributed by atoms with E-state index in [0.717, 1.165) is 11.8 Å². The van der Waals surface area contributed by atoms with Gasteiger partial charge in [0.15, 0.2) is 0 Å². The SMILES string of the molecule is CS(=O)(=O)NCCc1cc(CO)c(O)c(CO)c1. The summed E-state index contributed by atoms with van der Waals surface area (Å²) in [5.41, 5.74) is 1.36. The van der Waals surface area contributed by atoms with Crippen LogP contribution in [0.25, 0.3) is 0 Å². The molecule has 0 spiro atoms. The zero-order valence-electron chi connectivity index (χ0n) is 10.0. The van der Waals surface area contributed by atoms with Crippen LogP contribution in [0, 0.1) is 0 Å². The minimum atomic E-state index is -3.23. The van der Waals surface area contributed by atoms with Crippen LogP contribution in [0.2, 0.25) is 0 Å². The summed E-state index contributed by atoms with van der Waals surface area (Å²) in [4.78, 5) is 0. The van der Waals surface area contributed by atoms with Gasteiger partial charge in [0.05, 0.1) is 19.5 Å². The summed E-state index contributed by atoms with van der Waals surface area (Å²) >= 11 is 0. The summed E-state index contributed by atoms with van der Waals surface area (Å²) in [6, 6.07) is 3.16. The second-order valence-corrected chi connectivity index (χ2v) is 5.83. The number of sulfonamides is 1. The Hall–Kier alpha value is -1.15. The van der Waals surface area contributed by atoms with Crippen LogP contribution in [0.1, 0.15) is 16.7 Å². The zero-order chi connectivity index (χ0) is 13.8. The van der Waals surface area contributed by atoms with Gasteiger partial charge in [-0.1, -0.05) is 0 Å². The molecule has 0 aliphatic carbocycles. The molecular weight excluding hydrogens is 258 g/mol. The van der Waals surface area contributed by atoms with E-state index in [4.69, 9.17) is 10.2 Å². The minimum Gasteiger partial charge on any atom is -0.507 e. The van der Waals surface area contributed by atoms with E-state index >= 15 is 0 Å². The van der Waals surface area contributed by atoms with Gasteiger partial charge in [0.1, 0.15) is 5.75 Å². The van der Waals surface area contributed by atoms with Gasteiger partial charge >= 0.3 is 0 Å². The van der Waals surface area contributed by atoms with Gasteiger partial charge in [-0.2, -0.15) is 0 Å². The fourth-order valence-electron chi connectivity index (χ4n) is 1.60. The van der Waals surface area contributed by atoms with Gasteiger partial charge in [-0.15, -0.1) is 0 Å². The third kappa shape index (κ3) is 4.26. The molecule has 0 aromatic heterocycles. The standard InChI is InChI=1S/C11H17NO5S/c1-18(16,17)12-3-2-8-4-9(6-13)11(15)10(5-8)7-14/h4-5,12-15H,2-3,6-7H2,1H3. The Bertz CT molecular complexity index is 487. The highest BCUT2D eigenvalue weighted by atomic mass is 32.2. The fourth-order valence-corrected chi connectivity index (χ4v) is 2.07. The van der Waals surface area contributed by atoms with Gasteiger partial charge in [0, 0.05) is 17.7 Å². The van der Waals surface area contributed by atoms with Gasteiger partial charge < -0.3 is 15.3 Å². The molecular formula is C11H17NO5S. The number of aliphatic hydroxyl groups is 2. The lowest BCUT2D eigenvalue weighted by Crippen LogP contribution is -2.24. The molecule has 7 heteroatoms. The number of rotatable bonds is 6. The number of aliphatic hydroxyl groups excluding tert-OH is 2. The third-order valence-corrected chi connectivity index (χ3v) is 3.17. The lowest BCUT2D eigenvalue weighted by Gasteiger charge is -2.10. The number of phenols is 1. The maximum Gasteiger partial charge on any atom is 0.208 e. The number of benzene rings is 1. The molecule has 0 saturated carbocycles. The molecule has 0 saturated heterocycles. The molecule has 0 bridgehead atoms. The van der Waals surface area contributed by atoms with Gasteiger partial charge in [0.2, 0.25) is 10.0 Å². The molecule has 0 unspecified atom stereocenters. The van der Waals surface area contributed by atoms with E-state index in [-0.39, 0.29) is 25.5 Å². The summed E-state index contributed by atoms with van der Waals surface area (Å²) in [5, 5.41) is 27.8. The van der Waals surface area contributed by atoms with Crippen LogP contribution in [0.4, 0.5) is 0 Å². The van der Waals surface area contributed by atoms with Crippen LogP contribution in [-0.2, 0) is 29.7 Å². The van der Waals surface area contributed by atoms with Crippen molar-refractivity contribution in [3.63, 3.8) is 0 Å². The molecule has 6 nitrogen and oxygen atoms in total. The van der Waals surface area contributed by atoms with Gasteiger partial charge in [-0.3, -0.25) is 0 Å². The highest BCUT2D eigenvalue weighted by molar-refractivity contribution is 7.88. The number of hydrogen-bond donors (Lipinski definition) is 4. The topological polar surface area (TPSA) is 107 Å². The first-order chi connectivity index (χ1) is 8.37. The predicted octanol–water partition coefficient (Wildman–Crippen LogP) is -0.532. The first-order valence-electron chi connectivity index (χ1n) is 5.37. The van der Waals surface area contributed by atoms with Crippen LogP contribution in [0.5, 0.6) is 5.75 Å². The molecule has 0 fully saturated rings. The Morgan fingerprint density at radius 2 is 1.67 bits per heavy atom. The van der Waals surface area contributed by atoms with Crippen LogP contribution in [0.15, 0.2) is 12.1 Å². The normalized spacial score (nSPS) is 11.7. The van der Waals surface area contributed by atoms with Crippen molar-refractivity contribution in [2.24, 2.45) is 0 Å². The lowest BCUT2D eigenvalue weighted by molar-refractivity contribution is 0.263. The maximum atomic E-state index is 10.9. The Kier molecular flexibility index (Phi) is 5.09. The average molecular weight is 275 g/mol. The van der Waals surface area contributed by atoms with E-state index in [2.05, 4.69) is 4.72 Å². The molecule has 0 aliphatic rings. The van der Waals surface area contributed by atoms with Crippen molar-refractivity contribution in [1.29, 1.82) is 0 Å². The van der Waals surface area contributed by atoms with Gasteiger partial charge in [-0.05, 0) is 24.1 Å². The van der Waals surface area contributed by atoms with E-state index in [9.17, 15) is 13.5 Å². The summed E-state index contributed by atoms with van der Waals surface area (Å²) < 4.78 is 24.1. The largest absolute Gasteiger partial charge is 0.507 e. The molecule has 0 atom stereocenters. The van der Waals surface area contributed by atoms with Crippen molar-refractivity contribution in [2.45, 2.75) is 19.6 Å². The zero-order valence-corrected chi connectivity index (χ0v) is 10.9. The average Bonchev–Trinajstić information content (AvgIpc) is 2.29. The van der Waals surface area contributed by atoms with Crippen molar-refractivity contribution in [3.05, 3.63) is 28.8 Å². The lowest BCUT2D eigenvalue weighted by atomic mass is 10.0.